The lowest BCUT2D eigenvalue weighted by atomic mass is 9.76. The molecule has 2 heterocycles. The fraction of sp³-hybridized carbons (Fsp3) is 0.182. The van der Waals surface area contributed by atoms with E-state index in [1.807, 2.05) is 67.6 Å². The highest BCUT2D eigenvalue weighted by Crippen LogP contribution is 2.39. The molecular weight excluding hydrogens is 350 g/mol. The van der Waals surface area contributed by atoms with Crippen LogP contribution in [-0.2, 0) is 0 Å². The normalized spacial score (nSPS) is 27.2. The monoisotopic (exact) mass is 372 g/mol. The number of nitrogens with one attached hydrogen (secondary N) is 1. The number of ether oxygens (including phenoxy) is 1. The molecule has 0 radical (unpaired) electrons. The van der Waals surface area contributed by atoms with Crippen LogP contribution < -0.4 is 15.9 Å². The molecule has 1 fully saturated rings. The van der Waals surface area contributed by atoms with Crippen LogP contribution in [0.15, 0.2) is 82.8 Å². The summed E-state index contributed by atoms with van der Waals surface area (Å²) in [7, 11) is 0. The number of rotatable bonds is 5. The molecule has 140 valence electrons. The number of nitrogens with zero attached hydrogens (tertiary/aromatic N) is 3. The first-order chi connectivity index (χ1) is 13.7. The quantitative estimate of drug-likeness (QED) is 0.614. The van der Waals surface area contributed by atoms with Gasteiger partial charge in [-0.15, -0.1) is 10.0 Å². The fourth-order valence-corrected chi connectivity index (χ4v) is 3.86. The van der Waals surface area contributed by atoms with E-state index >= 15 is 0 Å². The molecule has 1 atom stereocenters. The van der Waals surface area contributed by atoms with Crippen molar-refractivity contribution >= 4 is 18.2 Å². The molecule has 1 saturated carbocycles. The van der Waals surface area contributed by atoms with Gasteiger partial charge in [-0.05, 0) is 48.6 Å². The standard InChI is InChI=1S/C22H22N5O/c23-18-2-1-3-22(12-18)28-21-6-4-16(5-7-21)17-10-19(11-17)26-27-9-8-24-13-20(27)14-25-15-27/h1-9,12-15,17,19,26H,10-11,23H2/q+1. The summed E-state index contributed by atoms with van der Waals surface area (Å²) in [6.07, 6.45) is 11.7. The number of quaternary nitrogens is 1. The zero-order valence-corrected chi connectivity index (χ0v) is 15.4. The number of nitrogen functional groups attached to an aromatic ring is 1. The number of hydrogen-bond acceptors (Lipinski definition) is 5. The maximum atomic E-state index is 5.88. The molecule has 5 rings (SSSR count). The Morgan fingerprint density at radius 2 is 1.89 bits per heavy atom. The van der Waals surface area contributed by atoms with Crippen LogP contribution in [0.5, 0.6) is 11.5 Å². The van der Waals surface area contributed by atoms with Gasteiger partial charge in [0, 0.05) is 11.8 Å². The van der Waals surface area contributed by atoms with Gasteiger partial charge in [0.15, 0.2) is 5.70 Å². The van der Waals surface area contributed by atoms with Crippen LogP contribution in [-0.4, -0.2) is 23.2 Å². The molecule has 6 nitrogen and oxygen atoms in total. The summed E-state index contributed by atoms with van der Waals surface area (Å²) >= 11 is 0. The van der Waals surface area contributed by atoms with Gasteiger partial charge in [0.1, 0.15) is 17.7 Å². The molecule has 3 N–H and O–H groups in total. The van der Waals surface area contributed by atoms with Gasteiger partial charge in [-0.3, -0.25) is 4.99 Å². The lowest BCUT2D eigenvalue weighted by Gasteiger charge is -2.40. The van der Waals surface area contributed by atoms with Gasteiger partial charge in [-0.1, -0.05) is 18.2 Å². The van der Waals surface area contributed by atoms with Crippen molar-refractivity contribution in [1.29, 1.82) is 0 Å². The summed E-state index contributed by atoms with van der Waals surface area (Å²) in [5.41, 5.74) is 12.6. The minimum atomic E-state index is 0.442. The van der Waals surface area contributed by atoms with Gasteiger partial charge >= 0.3 is 0 Å². The maximum Gasteiger partial charge on any atom is 0.219 e. The Morgan fingerprint density at radius 3 is 2.71 bits per heavy atom. The van der Waals surface area contributed by atoms with Crippen LogP contribution in [0.25, 0.3) is 0 Å². The second-order valence-electron chi connectivity index (χ2n) is 7.41. The van der Waals surface area contributed by atoms with Gasteiger partial charge in [-0.2, -0.15) is 0 Å². The van der Waals surface area contributed by atoms with Crippen LogP contribution in [0.4, 0.5) is 5.69 Å². The van der Waals surface area contributed by atoms with Crippen molar-refractivity contribution in [2.45, 2.75) is 24.8 Å². The van der Waals surface area contributed by atoms with E-state index in [9.17, 15) is 0 Å². The van der Waals surface area contributed by atoms with E-state index in [1.165, 1.54) is 5.56 Å². The molecule has 2 aliphatic heterocycles. The first kappa shape index (κ1) is 16.9. The Labute approximate surface area is 163 Å². The Balaban J connectivity index is 1.19. The maximum absolute atomic E-state index is 5.88. The largest absolute Gasteiger partial charge is 0.457 e. The minimum Gasteiger partial charge on any atom is -0.457 e. The van der Waals surface area contributed by atoms with Gasteiger partial charge in [0.2, 0.25) is 6.34 Å². The summed E-state index contributed by atoms with van der Waals surface area (Å²) in [6, 6.07) is 16.3. The van der Waals surface area contributed by atoms with Crippen molar-refractivity contribution in [3.63, 3.8) is 0 Å². The van der Waals surface area contributed by atoms with Crippen LogP contribution in [0.3, 0.4) is 0 Å². The summed E-state index contributed by atoms with van der Waals surface area (Å²) in [5.74, 6) is 2.14. The van der Waals surface area contributed by atoms with Crippen molar-refractivity contribution in [2.24, 2.45) is 9.98 Å². The number of anilines is 1. The van der Waals surface area contributed by atoms with E-state index in [2.05, 4.69) is 27.5 Å². The van der Waals surface area contributed by atoms with Crippen molar-refractivity contribution in [3.8, 4) is 11.5 Å². The average Bonchev–Trinajstić information content (AvgIpc) is 3.09. The van der Waals surface area contributed by atoms with Crippen molar-refractivity contribution in [2.75, 3.05) is 5.73 Å². The molecule has 6 heteroatoms. The highest BCUT2D eigenvalue weighted by molar-refractivity contribution is 5.81. The number of aliphatic imine (C=N–C) groups is 2. The highest BCUT2D eigenvalue weighted by Gasteiger charge is 2.41. The number of allylic oxidation sites excluding steroid dienone is 1. The SMILES string of the molecule is Nc1cccc(Oc2ccc(C3CC(N[N+]45C=CN=CC4=CN=C5)C3)cc2)c1. The molecule has 28 heavy (non-hydrogen) atoms. The number of hydrogen-bond donors (Lipinski definition) is 2. The molecule has 1 unspecified atom stereocenters. The first-order valence-corrected chi connectivity index (χ1v) is 9.46. The third-order valence-electron chi connectivity index (χ3n) is 5.46. The molecule has 0 spiro atoms. The number of fused-ring (bicyclic) bond motifs is 1. The topological polar surface area (TPSA) is 72.0 Å². The van der Waals surface area contributed by atoms with Gasteiger partial charge in [0.25, 0.3) is 0 Å². The van der Waals surface area contributed by atoms with Crippen LogP contribution in [0.1, 0.15) is 24.3 Å². The molecule has 0 saturated heterocycles. The summed E-state index contributed by atoms with van der Waals surface area (Å²) in [4.78, 5) is 8.49. The van der Waals surface area contributed by atoms with E-state index in [0.717, 1.165) is 30.0 Å². The molecule has 3 aliphatic rings. The minimum absolute atomic E-state index is 0.442. The summed E-state index contributed by atoms with van der Waals surface area (Å²) in [6.45, 7) is 0. The third-order valence-corrected chi connectivity index (χ3v) is 5.46. The smallest absolute Gasteiger partial charge is 0.219 e. The lowest BCUT2D eigenvalue weighted by Crippen LogP contribution is -2.58. The van der Waals surface area contributed by atoms with E-state index in [0.29, 0.717) is 22.2 Å². The molecular formula is C22H22N5O+. The Morgan fingerprint density at radius 1 is 1.04 bits per heavy atom. The van der Waals surface area contributed by atoms with Gasteiger partial charge < -0.3 is 10.5 Å². The average molecular weight is 372 g/mol. The van der Waals surface area contributed by atoms with Gasteiger partial charge in [-0.25, -0.2) is 4.99 Å². The van der Waals surface area contributed by atoms with Crippen LogP contribution in [0.2, 0.25) is 0 Å². The van der Waals surface area contributed by atoms with Crippen molar-refractivity contribution in [1.82, 2.24) is 5.43 Å². The van der Waals surface area contributed by atoms with E-state index in [1.54, 1.807) is 0 Å². The first-order valence-electron chi connectivity index (χ1n) is 9.46. The predicted molar refractivity (Wildman–Crippen MR) is 111 cm³/mol. The predicted octanol–water partition coefficient (Wildman–Crippen LogP) is 4.07. The third kappa shape index (κ3) is 3.13. The lowest BCUT2D eigenvalue weighted by molar-refractivity contribution is -0.788. The van der Waals surface area contributed by atoms with E-state index in [-0.39, 0.29) is 0 Å². The molecule has 0 aromatic heterocycles. The zero-order valence-electron chi connectivity index (χ0n) is 15.4. The number of nitrogens with two attached hydrogens (primary N) is 1. The second-order valence-corrected chi connectivity index (χ2v) is 7.41. The van der Waals surface area contributed by atoms with Crippen molar-refractivity contribution < 1.29 is 9.33 Å². The molecule has 2 aromatic carbocycles. The summed E-state index contributed by atoms with van der Waals surface area (Å²) < 4.78 is 6.34. The highest BCUT2D eigenvalue weighted by atomic mass is 16.5. The molecule has 1 aliphatic carbocycles. The van der Waals surface area contributed by atoms with E-state index in [4.69, 9.17) is 10.5 Å². The summed E-state index contributed by atoms with van der Waals surface area (Å²) in [5, 5.41) is 0. The van der Waals surface area contributed by atoms with Crippen LogP contribution >= 0.6 is 0 Å². The molecule has 0 amide bonds. The number of benzene rings is 2. The van der Waals surface area contributed by atoms with Crippen molar-refractivity contribution in [3.05, 3.63) is 78.4 Å². The Hall–Kier alpha value is -3.22. The van der Waals surface area contributed by atoms with Gasteiger partial charge in [0.05, 0.1) is 24.7 Å². The zero-order chi connectivity index (χ0) is 19.0. The van der Waals surface area contributed by atoms with E-state index < -0.39 is 0 Å². The van der Waals surface area contributed by atoms with Crippen LogP contribution in [0, 0.1) is 0 Å². The Kier molecular flexibility index (Phi) is 4.07. The second kappa shape index (κ2) is 6.74. The fourth-order valence-electron chi connectivity index (χ4n) is 3.86. The Bertz CT molecular complexity index is 1000. The molecule has 2 aromatic rings. The molecule has 0 bridgehead atoms.